The zero-order chi connectivity index (χ0) is 20.4. The molecule has 2 aromatic heterocycles. The molecular formula is C19H19N5O4. The van der Waals surface area contributed by atoms with E-state index in [9.17, 15) is 19.2 Å². The van der Waals surface area contributed by atoms with Gasteiger partial charge in [0.25, 0.3) is 11.5 Å². The Bertz CT molecular complexity index is 1210. The van der Waals surface area contributed by atoms with Gasteiger partial charge in [-0.05, 0) is 23.8 Å². The third-order valence-electron chi connectivity index (χ3n) is 4.26. The quantitative estimate of drug-likeness (QED) is 0.684. The second kappa shape index (κ2) is 7.47. The molecule has 0 saturated carbocycles. The molecule has 0 unspecified atom stereocenters. The van der Waals surface area contributed by atoms with Crippen molar-refractivity contribution in [1.29, 1.82) is 0 Å². The van der Waals surface area contributed by atoms with Gasteiger partial charge < -0.3 is 10.6 Å². The molecule has 0 fully saturated rings. The Balaban J connectivity index is 1.84. The minimum absolute atomic E-state index is 0.181. The first-order valence-electron chi connectivity index (χ1n) is 8.48. The fraction of sp³-hybridized carbons (Fsp3) is 0.211. The number of nitrogens with one attached hydrogen (secondary N) is 2. The molecule has 28 heavy (non-hydrogen) atoms. The summed E-state index contributed by atoms with van der Waals surface area (Å²) >= 11 is 0. The van der Waals surface area contributed by atoms with Crippen molar-refractivity contribution in [3.05, 3.63) is 68.5 Å². The van der Waals surface area contributed by atoms with E-state index in [2.05, 4.69) is 15.6 Å². The van der Waals surface area contributed by atoms with Crippen LogP contribution in [0.2, 0.25) is 0 Å². The summed E-state index contributed by atoms with van der Waals surface area (Å²) in [7, 11) is 2.89. The molecule has 0 aliphatic rings. The number of benzene rings is 1. The summed E-state index contributed by atoms with van der Waals surface area (Å²) in [6.07, 6.45) is 1.32. The van der Waals surface area contributed by atoms with E-state index in [-0.39, 0.29) is 29.0 Å². The van der Waals surface area contributed by atoms with Crippen LogP contribution in [0.1, 0.15) is 22.8 Å². The van der Waals surface area contributed by atoms with Crippen molar-refractivity contribution in [3.63, 3.8) is 0 Å². The molecule has 0 aliphatic heterocycles. The maximum absolute atomic E-state index is 12.5. The molecule has 3 aromatic rings. The molecule has 0 saturated heterocycles. The number of carbonyl (C=O) groups excluding carboxylic acids is 2. The highest BCUT2D eigenvalue weighted by Gasteiger charge is 2.13. The van der Waals surface area contributed by atoms with Crippen LogP contribution < -0.4 is 21.9 Å². The van der Waals surface area contributed by atoms with Gasteiger partial charge in [-0.15, -0.1) is 0 Å². The molecule has 2 heterocycles. The number of pyridine rings is 1. The van der Waals surface area contributed by atoms with Crippen LogP contribution in [-0.4, -0.2) is 25.9 Å². The van der Waals surface area contributed by atoms with E-state index in [1.165, 1.54) is 37.8 Å². The normalized spacial score (nSPS) is 10.7. The average molecular weight is 381 g/mol. The summed E-state index contributed by atoms with van der Waals surface area (Å²) in [4.78, 5) is 52.0. The van der Waals surface area contributed by atoms with E-state index in [0.717, 1.165) is 10.1 Å². The SMILES string of the molecule is CC(=O)Nc1cccc(CNC(=O)c2cnc3c(c2)c(=O)n(C)c(=O)n3C)c1. The predicted molar refractivity (Wildman–Crippen MR) is 104 cm³/mol. The number of hydrogen-bond acceptors (Lipinski definition) is 5. The molecule has 3 rings (SSSR count). The van der Waals surface area contributed by atoms with Gasteiger partial charge in [-0.1, -0.05) is 12.1 Å². The Morgan fingerprint density at radius 2 is 1.86 bits per heavy atom. The lowest BCUT2D eigenvalue weighted by Gasteiger charge is -2.09. The van der Waals surface area contributed by atoms with Crippen LogP contribution in [0, 0.1) is 0 Å². The number of fused-ring (bicyclic) bond motifs is 1. The molecule has 0 aliphatic carbocycles. The standard InChI is InChI=1S/C19H19N5O4/c1-11(25)22-14-6-4-5-12(7-14)9-21-17(26)13-8-15-16(20-10-13)23(2)19(28)24(3)18(15)27/h4-8,10H,9H2,1-3H3,(H,21,26)(H,22,25). The highest BCUT2D eigenvalue weighted by Crippen LogP contribution is 2.11. The van der Waals surface area contributed by atoms with Gasteiger partial charge in [0, 0.05) is 39.4 Å². The van der Waals surface area contributed by atoms with E-state index in [1.54, 1.807) is 18.2 Å². The summed E-state index contributed by atoms with van der Waals surface area (Å²) in [5.41, 5.74) is 0.862. The van der Waals surface area contributed by atoms with Crippen LogP contribution in [0.3, 0.4) is 0 Å². The van der Waals surface area contributed by atoms with Crippen molar-refractivity contribution in [2.75, 3.05) is 5.32 Å². The zero-order valence-electron chi connectivity index (χ0n) is 15.6. The molecule has 0 spiro atoms. The Kier molecular flexibility index (Phi) is 5.08. The largest absolute Gasteiger partial charge is 0.348 e. The minimum atomic E-state index is -0.511. The number of carbonyl (C=O) groups is 2. The van der Waals surface area contributed by atoms with Crippen molar-refractivity contribution in [3.8, 4) is 0 Å². The second-order valence-corrected chi connectivity index (χ2v) is 6.37. The lowest BCUT2D eigenvalue weighted by Crippen LogP contribution is -2.37. The summed E-state index contributed by atoms with van der Waals surface area (Å²) < 4.78 is 2.23. The lowest BCUT2D eigenvalue weighted by atomic mass is 10.2. The molecular weight excluding hydrogens is 362 g/mol. The van der Waals surface area contributed by atoms with Crippen molar-refractivity contribution < 1.29 is 9.59 Å². The van der Waals surface area contributed by atoms with Crippen molar-refractivity contribution in [2.45, 2.75) is 13.5 Å². The number of aryl methyl sites for hydroxylation is 1. The predicted octanol–water partition coefficient (Wildman–Crippen LogP) is 0.521. The summed E-state index contributed by atoms with van der Waals surface area (Å²) in [6.45, 7) is 1.65. The third-order valence-corrected chi connectivity index (χ3v) is 4.26. The molecule has 0 bridgehead atoms. The fourth-order valence-electron chi connectivity index (χ4n) is 2.84. The molecule has 1 aromatic carbocycles. The van der Waals surface area contributed by atoms with E-state index in [4.69, 9.17) is 0 Å². The van der Waals surface area contributed by atoms with Crippen LogP contribution in [0.4, 0.5) is 5.69 Å². The Hall–Kier alpha value is -3.75. The maximum Gasteiger partial charge on any atom is 0.332 e. The fourth-order valence-corrected chi connectivity index (χ4v) is 2.84. The molecule has 9 nitrogen and oxygen atoms in total. The zero-order valence-corrected chi connectivity index (χ0v) is 15.6. The van der Waals surface area contributed by atoms with Crippen LogP contribution in [0.15, 0.2) is 46.1 Å². The second-order valence-electron chi connectivity index (χ2n) is 6.37. The van der Waals surface area contributed by atoms with E-state index in [1.807, 2.05) is 6.07 Å². The van der Waals surface area contributed by atoms with Gasteiger partial charge in [-0.3, -0.25) is 23.5 Å². The van der Waals surface area contributed by atoms with Gasteiger partial charge in [-0.25, -0.2) is 9.78 Å². The first-order valence-corrected chi connectivity index (χ1v) is 8.48. The number of aromatic nitrogens is 3. The summed E-state index contributed by atoms with van der Waals surface area (Å²) in [6, 6.07) is 8.52. The highest BCUT2D eigenvalue weighted by atomic mass is 16.2. The summed E-state index contributed by atoms with van der Waals surface area (Å²) in [5.74, 6) is -0.588. The molecule has 0 atom stereocenters. The molecule has 0 radical (unpaired) electrons. The van der Waals surface area contributed by atoms with Crippen LogP contribution in [0.25, 0.3) is 11.0 Å². The van der Waals surface area contributed by atoms with Crippen LogP contribution in [0.5, 0.6) is 0 Å². The minimum Gasteiger partial charge on any atom is -0.348 e. The number of anilines is 1. The van der Waals surface area contributed by atoms with Gasteiger partial charge in [0.2, 0.25) is 5.91 Å². The van der Waals surface area contributed by atoms with E-state index in [0.29, 0.717) is 5.69 Å². The number of amides is 2. The smallest absolute Gasteiger partial charge is 0.332 e. The topological polar surface area (TPSA) is 115 Å². The molecule has 144 valence electrons. The molecule has 2 N–H and O–H groups in total. The monoisotopic (exact) mass is 381 g/mol. The van der Waals surface area contributed by atoms with Crippen LogP contribution in [-0.2, 0) is 25.4 Å². The van der Waals surface area contributed by atoms with Crippen LogP contribution >= 0.6 is 0 Å². The third kappa shape index (κ3) is 3.68. The van der Waals surface area contributed by atoms with Gasteiger partial charge in [0.15, 0.2) is 0 Å². The number of hydrogen-bond donors (Lipinski definition) is 2. The number of rotatable bonds is 4. The van der Waals surface area contributed by atoms with E-state index >= 15 is 0 Å². The first-order chi connectivity index (χ1) is 13.3. The maximum atomic E-state index is 12.5. The lowest BCUT2D eigenvalue weighted by molar-refractivity contribution is -0.114. The average Bonchev–Trinajstić information content (AvgIpc) is 2.68. The van der Waals surface area contributed by atoms with Crippen molar-refractivity contribution >= 4 is 28.5 Å². The Labute approximate surface area is 159 Å². The van der Waals surface area contributed by atoms with Gasteiger partial charge in [0.05, 0.1) is 10.9 Å². The van der Waals surface area contributed by atoms with Crippen molar-refractivity contribution in [2.24, 2.45) is 14.1 Å². The van der Waals surface area contributed by atoms with Gasteiger partial charge in [0.1, 0.15) is 5.65 Å². The Morgan fingerprint density at radius 3 is 2.57 bits per heavy atom. The van der Waals surface area contributed by atoms with E-state index < -0.39 is 17.2 Å². The molecule has 2 amide bonds. The Morgan fingerprint density at radius 1 is 1.11 bits per heavy atom. The first kappa shape index (κ1) is 19.0. The van der Waals surface area contributed by atoms with Gasteiger partial charge >= 0.3 is 5.69 Å². The van der Waals surface area contributed by atoms with Crippen molar-refractivity contribution in [1.82, 2.24) is 19.4 Å². The van der Waals surface area contributed by atoms with Gasteiger partial charge in [-0.2, -0.15) is 0 Å². The number of nitrogens with zero attached hydrogens (tertiary/aromatic N) is 3. The summed E-state index contributed by atoms with van der Waals surface area (Å²) in [5, 5.41) is 5.62. The molecule has 9 heteroatoms. The highest BCUT2D eigenvalue weighted by molar-refractivity contribution is 5.96.